The lowest BCUT2D eigenvalue weighted by atomic mass is 9.67. The van der Waals surface area contributed by atoms with Crippen molar-refractivity contribution in [1.82, 2.24) is 0 Å². The molecule has 0 spiro atoms. The number of ketones is 2. The second-order valence-corrected chi connectivity index (χ2v) is 5.67. The molecule has 2 atom stereocenters. The van der Waals surface area contributed by atoms with Crippen LogP contribution in [0, 0.1) is 17.8 Å². The van der Waals surface area contributed by atoms with Gasteiger partial charge in [-0.2, -0.15) is 0 Å². The van der Waals surface area contributed by atoms with Crippen LogP contribution in [0.25, 0.3) is 0 Å². The predicted octanol–water partition coefficient (Wildman–Crippen LogP) is 2.29. The van der Waals surface area contributed by atoms with Gasteiger partial charge in [0.1, 0.15) is 11.6 Å². The first kappa shape index (κ1) is 10.2. The Morgan fingerprint density at radius 2 is 1.44 bits per heavy atom. The van der Waals surface area contributed by atoms with Gasteiger partial charge in [-0.3, -0.25) is 9.59 Å². The van der Waals surface area contributed by atoms with Gasteiger partial charge in [-0.15, -0.1) is 0 Å². The molecule has 1 aromatic carbocycles. The average molecular weight is 238 g/mol. The number of Topliss-reactive ketones (excluding diaryl/α,β-unsaturated/α-hetero) is 2. The zero-order valence-corrected chi connectivity index (χ0v) is 10.0. The fourth-order valence-corrected chi connectivity index (χ4v) is 4.47. The van der Waals surface area contributed by atoms with E-state index in [1.54, 1.807) is 0 Å². The zero-order valence-electron chi connectivity index (χ0n) is 10.0. The largest absolute Gasteiger partial charge is 0.299 e. The van der Waals surface area contributed by atoms with Gasteiger partial charge in [-0.05, 0) is 17.4 Å². The molecule has 2 fully saturated rings. The predicted molar refractivity (Wildman–Crippen MR) is 67.0 cm³/mol. The standard InChI is InChI=1S/C16H14O2/c17-13-8-11-6-7-12-9-14(18)15(13)16(11,12)10-4-2-1-3-5-10/h1-7,11-12,15H,8-9H2. The first-order chi connectivity index (χ1) is 8.74. The van der Waals surface area contributed by atoms with Crippen molar-refractivity contribution in [2.75, 3.05) is 0 Å². The summed E-state index contributed by atoms with van der Waals surface area (Å²) in [5.74, 6) is 0.383. The summed E-state index contributed by atoms with van der Waals surface area (Å²) in [5, 5.41) is 0. The van der Waals surface area contributed by atoms with Crippen molar-refractivity contribution in [3.05, 3.63) is 48.0 Å². The van der Waals surface area contributed by atoms with Crippen LogP contribution in [0.5, 0.6) is 0 Å². The lowest BCUT2D eigenvalue weighted by Gasteiger charge is -2.34. The highest BCUT2D eigenvalue weighted by Crippen LogP contribution is 2.62. The minimum atomic E-state index is -0.384. The van der Waals surface area contributed by atoms with Crippen LogP contribution in [0.2, 0.25) is 0 Å². The van der Waals surface area contributed by atoms with Gasteiger partial charge in [0.15, 0.2) is 0 Å². The van der Waals surface area contributed by atoms with E-state index in [1.807, 2.05) is 18.2 Å². The monoisotopic (exact) mass is 238 g/mol. The minimum Gasteiger partial charge on any atom is -0.299 e. The van der Waals surface area contributed by atoms with Crippen molar-refractivity contribution < 1.29 is 9.59 Å². The molecule has 0 saturated heterocycles. The second-order valence-electron chi connectivity index (χ2n) is 5.67. The number of allylic oxidation sites excluding steroid dienone is 2. The lowest BCUT2D eigenvalue weighted by molar-refractivity contribution is -0.130. The van der Waals surface area contributed by atoms with E-state index < -0.39 is 0 Å². The molecule has 0 aromatic heterocycles. The molecule has 0 aliphatic heterocycles. The fourth-order valence-electron chi connectivity index (χ4n) is 4.47. The summed E-state index contributed by atoms with van der Waals surface area (Å²) in [5.41, 5.74) is 0.932. The summed E-state index contributed by atoms with van der Waals surface area (Å²) in [6.07, 6.45) is 5.42. The van der Waals surface area contributed by atoms with Crippen LogP contribution in [-0.2, 0) is 15.0 Å². The molecule has 0 amide bonds. The maximum Gasteiger partial charge on any atom is 0.144 e. The Balaban J connectivity index is 1.98. The molecule has 90 valence electrons. The van der Waals surface area contributed by atoms with Crippen LogP contribution in [-0.4, -0.2) is 11.6 Å². The molecule has 0 heterocycles. The average Bonchev–Trinajstić information content (AvgIpc) is 2.96. The molecule has 2 saturated carbocycles. The van der Waals surface area contributed by atoms with Crippen LogP contribution in [0.15, 0.2) is 42.5 Å². The maximum absolute atomic E-state index is 12.2. The highest BCUT2D eigenvalue weighted by Gasteiger charge is 2.66. The van der Waals surface area contributed by atoms with Crippen LogP contribution in [0.3, 0.4) is 0 Å². The van der Waals surface area contributed by atoms with E-state index in [0.717, 1.165) is 0 Å². The molecule has 3 aliphatic rings. The van der Waals surface area contributed by atoms with E-state index >= 15 is 0 Å². The van der Waals surface area contributed by atoms with Gasteiger partial charge in [0.25, 0.3) is 0 Å². The molecule has 4 rings (SSSR count). The Bertz CT molecular complexity index is 542. The lowest BCUT2D eigenvalue weighted by Crippen LogP contribution is -2.37. The van der Waals surface area contributed by atoms with Crippen molar-refractivity contribution in [2.24, 2.45) is 17.8 Å². The highest BCUT2D eigenvalue weighted by molar-refractivity contribution is 6.09. The van der Waals surface area contributed by atoms with Crippen molar-refractivity contribution in [3.63, 3.8) is 0 Å². The summed E-state index contributed by atoms with van der Waals surface area (Å²) in [6, 6.07) is 10.2. The van der Waals surface area contributed by atoms with Gasteiger partial charge in [0.05, 0.1) is 5.92 Å². The van der Waals surface area contributed by atoms with Crippen LogP contribution in [0.1, 0.15) is 18.4 Å². The van der Waals surface area contributed by atoms with E-state index in [4.69, 9.17) is 0 Å². The zero-order chi connectivity index (χ0) is 12.3. The number of benzene rings is 1. The van der Waals surface area contributed by atoms with Crippen molar-refractivity contribution in [2.45, 2.75) is 18.3 Å². The summed E-state index contributed by atoms with van der Waals surface area (Å²) < 4.78 is 0. The van der Waals surface area contributed by atoms with Gasteiger partial charge in [-0.1, -0.05) is 42.5 Å². The van der Waals surface area contributed by atoms with Gasteiger partial charge in [-0.25, -0.2) is 0 Å². The third-order valence-electron chi connectivity index (χ3n) is 5.04. The Morgan fingerprint density at radius 3 is 2.00 bits per heavy atom. The Morgan fingerprint density at radius 1 is 0.889 bits per heavy atom. The van der Waals surface area contributed by atoms with Gasteiger partial charge >= 0.3 is 0 Å². The summed E-state index contributed by atoms with van der Waals surface area (Å²) in [7, 11) is 0. The number of rotatable bonds is 1. The molecular weight excluding hydrogens is 224 g/mol. The molecule has 2 unspecified atom stereocenters. The van der Waals surface area contributed by atoms with Gasteiger partial charge in [0, 0.05) is 18.3 Å². The molecular formula is C16H14O2. The maximum atomic E-state index is 12.2. The van der Waals surface area contributed by atoms with Crippen molar-refractivity contribution in [3.8, 4) is 0 Å². The third kappa shape index (κ3) is 0.961. The van der Waals surface area contributed by atoms with Crippen molar-refractivity contribution in [1.29, 1.82) is 0 Å². The van der Waals surface area contributed by atoms with Crippen LogP contribution in [0.4, 0.5) is 0 Å². The van der Waals surface area contributed by atoms with E-state index in [2.05, 4.69) is 24.3 Å². The SMILES string of the molecule is O=C1CC2C=CC3CC(=O)C1C23c1ccccc1. The smallest absolute Gasteiger partial charge is 0.144 e. The number of carbonyl (C=O) groups is 2. The summed E-state index contributed by atoms with van der Waals surface area (Å²) in [4.78, 5) is 24.4. The van der Waals surface area contributed by atoms with E-state index in [-0.39, 0.29) is 34.7 Å². The second kappa shape index (κ2) is 3.19. The number of carbonyl (C=O) groups excluding carboxylic acids is 2. The van der Waals surface area contributed by atoms with Crippen LogP contribution < -0.4 is 0 Å². The van der Waals surface area contributed by atoms with Gasteiger partial charge in [0.2, 0.25) is 0 Å². The molecule has 2 nitrogen and oxygen atoms in total. The first-order valence-corrected chi connectivity index (χ1v) is 6.54. The van der Waals surface area contributed by atoms with E-state index in [0.29, 0.717) is 12.8 Å². The van der Waals surface area contributed by atoms with Crippen LogP contribution >= 0.6 is 0 Å². The molecule has 1 aromatic rings. The topological polar surface area (TPSA) is 34.1 Å². The Hall–Kier alpha value is -1.70. The molecule has 0 N–H and O–H groups in total. The van der Waals surface area contributed by atoms with E-state index in [9.17, 15) is 9.59 Å². The molecule has 0 radical (unpaired) electrons. The molecule has 3 aliphatic carbocycles. The van der Waals surface area contributed by atoms with Crippen molar-refractivity contribution >= 4 is 11.6 Å². The summed E-state index contributed by atoms with van der Waals surface area (Å²) in [6.45, 7) is 0. The normalized spacial score (nSPS) is 40.6. The van der Waals surface area contributed by atoms with Gasteiger partial charge < -0.3 is 0 Å². The quantitative estimate of drug-likeness (QED) is 0.555. The Kier molecular flexibility index (Phi) is 1.82. The minimum absolute atomic E-state index is 0.153. The number of hydrogen-bond acceptors (Lipinski definition) is 2. The molecule has 2 heteroatoms. The Labute approximate surface area is 106 Å². The summed E-state index contributed by atoms with van der Waals surface area (Å²) >= 11 is 0. The fraction of sp³-hybridized carbons (Fsp3) is 0.375. The molecule has 18 heavy (non-hydrogen) atoms. The molecule has 0 bridgehead atoms. The third-order valence-corrected chi connectivity index (χ3v) is 5.04. The van der Waals surface area contributed by atoms with E-state index in [1.165, 1.54) is 5.56 Å². The first-order valence-electron chi connectivity index (χ1n) is 6.54. The highest BCUT2D eigenvalue weighted by atomic mass is 16.2. The number of hydrogen-bond donors (Lipinski definition) is 0.